The van der Waals surface area contributed by atoms with Crippen LogP contribution in [0.15, 0.2) is 18.2 Å². The highest BCUT2D eigenvalue weighted by Crippen LogP contribution is 2.08. The van der Waals surface area contributed by atoms with Crippen molar-refractivity contribution in [1.82, 2.24) is 10.3 Å². The Morgan fingerprint density at radius 3 is 2.65 bits per heavy atom. The maximum Gasteiger partial charge on any atom is 0.407 e. The maximum atomic E-state index is 11.3. The highest BCUT2D eigenvalue weighted by molar-refractivity contribution is 5.85. The second kappa shape index (κ2) is 6.74. The fourth-order valence-corrected chi connectivity index (χ4v) is 1.24. The van der Waals surface area contributed by atoms with Crippen LogP contribution in [0.2, 0.25) is 0 Å². The summed E-state index contributed by atoms with van der Waals surface area (Å²) in [6.07, 6.45) is -0.534. The van der Waals surface area contributed by atoms with Crippen LogP contribution in [0.3, 0.4) is 0 Å². The van der Waals surface area contributed by atoms with E-state index in [0.29, 0.717) is 0 Å². The molecule has 0 aliphatic carbocycles. The van der Waals surface area contributed by atoms with Gasteiger partial charge in [-0.3, -0.25) is 0 Å². The Morgan fingerprint density at radius 1 is 1.35 bits per heavy atom. The summed E-state index contributed by atoms with van der Waals surface area (Å²) in [5.41, 5.74) is -0.648. The quantitative estimate of drug-likeness (QED) is 0.797. The average molecular weight is 282 g/mol. The molecule has 0 saturated carbocycles. The first kappa shape index (κ1) is 15.7. The number of ether oxygens (including phenoxy) is 2. The summed E-state index contributed by atoms with van der Waals surface area (Å²) in [7, 11) is 0. The zero-order valence-corrected chi connectivity index (χ0v) is 11.7. The van der Waals surface area contributed by atoms with Crippen molar-refractivity contribution in [3.05, 3.63) is 23.9 Å². The second-order valence-electron chi connectivity index (χ2n) is 4.94. The van der Waals surface area contributed by atoms with Crippen molar-refractivity contribution in [2.75, 3.05) is 13.2 Å². The van der Waals surface area contributed by atoms with E-state index in [2.05, 4.69) is 10.3 Å². The summed E-state index contributed by atoms with van der Waals surface area (Å²) >= 11 is 0. The van der Waals surface area contributed by atoms with Crippen LogP contribution < -0.4 is 10.1 Å². The van der Waals surface area contributed by atoms with Crippen LogP contribution in [-0.2, 0) is 4.74 Å². The van der Waals surface area contributed by atoms with E-state index in [1.807, 2.05) is 0 Å². The van der Waals surface area contributed by atoms with E-state index in [4.69, 9.17) is 14.6 Å². The molecule has 0 fully saturated rings. The fraction of sp³-hybridized carbons (Fsp3) is 0.462. The van der Waals surface area contributed by atoms with Gasteiger partial charge in [-0.2, -0.15) is 0 Å². The van der Waals surface area contributed by atoms with Crippen molar-refractivity contribution in [1.29, 1.82) is 0 Å². The Kier molecular flexibility index (Phi) is 5.31. The Balaban J connectivity index is 2.33. The van der Waals surface area contributed by atoms with Gasteiger partial charge in [0.15, 0.2) is 5.69 Å². The lowest BCUT2D eigenvalue weighted by molar-refractivity contribution is 0.0519. The molecule has 20 heavy (non-hydrogen) atoms. The molecule has 1 heterocycles. The van der Waals surface area contributed by atoms with Crippen molar-refractivity contribution < 1.29 is 24.2 Å². The highest BCUT2D eigenvalue weighted by atomic mass is 16.6. The lowest BCUT2D eigenvalue weighted by atomic mass is 10.2. The molecule has 2 N–H and O–H groups in total. The molecule has 1 amide bonds. The van der Waals surface area contributed by atoms with Crippen molar-refractivity contribution in [3.63, 3.8) is 0 Å². The van der Waals surface area contributed by atoms with Crippen LogP contribution in [0.5, 0.6) is 5.88 Å². The van der Waals surface area contributed by atoms with Crippen molar-refractivity contribution in [3.8, 4) is 5.88 Å². The number of carboxylic acid groups (broad SMARTS) is 1. The molecule has 7 heteroatoms. The number of rotatable bonds is 5. The number of alkyl carbamates (subject to hydrolysis) is 1. The number of pyridine rings is 1. The monoisotopic (exact) mass is 282 g/mol. The number of nitrogens with one attached hydrogen (secondary N) is 1. The van der Waals surface area contributed by atoms with Crippen LogP contribution in [0.1, 0.15) is 31.3 Å². The van der Waals surface area contributed by atoms with Gasteiger partial charge in [0.05, 0.1) is 6.54 Å². The molecule has 1 aromatic heterocycles. The summed E-state index contributed by atoms with van der Waals surface area (Å²) in [5.74, 6) is -0.932. The third-order valence-electron chi connectivity index (χ3n) is 1.96. The van der Waals surface area contributed by atoms with E-state index in [1.165, 1.54) is 12.1 Å². The zero-order valence-electron chi connectivity index (χ0n) is 11.7. The average Bonchev–Trinajstić information content (AvgIpc) is 2.33. The van der Waals surface area contributed by atoms with Gasteiger partial charge in [-0.05, 0) is 26.8 Å². The Morgan fingerprint density at radius 2 is 2.05 bits per heavy atom. The number of carbonyl (C=O) groups is 2. The smallest absolute Gasteiger partial charge is 0.407 e. The van der Waals surface area contributed by atoms with E-state index in [1.54, 1.807) is 26.8 Å². The number of carbonyl (C=O) groups excluding carboxylic acids is 1. The second-order valence-corrected chi connectivity index (χ2v) is 4.94. The normalized spacial score (nSPS) is 10.8. The minimum atomic E-state index is -1.12. The first-order valence-electron chi connectivity index (χ1n) is 6.08. The van der Waals surface area contributed by atoms with Crippen LogP contribution in [0.4, 0.5) is 4.79 Å². The minimum Gasteiger partial charge on any atom is -0.477 e. The van der Waals surface area contributed by atoms with Crippen LogP contribution >= 0.6 is 0 Å². The first-order chi connectivity index (χ1) is 9.28. The molecule has 0 aromatic carbocycles. The SMILES string of the molecule is CC(C)(C)OC(=O)NCCOc1cccc(C(=O)O)n1. The van der Waals surface area contributed by atoms with Crippen molar-refractivity contribution in [2.24, 2.45) is 0 Å². The van der Waals surface area contributed by atoms with Crippen LogP contribution in [0.25, 0.3) is 0 Å². The van der Waals surface area contributed by atoms with Gasteiger partial charge < -0.3 is 19.9 Å². The number of hydrogen-bond acceptors (Lipinski definition) is 5. The van der Waals surface area contributed by atoms with Crippen molar-refractivity contribution >= 4 is 12.1 Å². The van der Waals surface area contributed by atoms with Gasteiger partial charge >= 0.3 is 12.1 Å². The van der Waals surface area contributed by atoms with Gasteiger partial charge in [0.2, 0.25) is 5.88 Å². The Bertz CT molecular complexity index is 482. The highest BCUT2D eigenvalue weighted by Gasteiger charge is 2.15. The third kappa shape index (κ3) is 6.03. The summed E-state index contributed by atoms with van der Waals surface area (Å²) in [5, 5.41) is 11.3. The summed E-state index contributed by atoms with van der Waals surface area (Å²) in [6, 6.07) is 4.45. The van der Waals surface area contributed by atoms with E-state index < -0.39 is 17.7 Å². The summed E-state index contributed by atoms with van der Waals surface area (Å²) in [4.78, 5) is 25.8. The topological polar surface area (TPSA) is 97.8 Å². The fourth-order valence-electron chi connectivity index (χ4n) is 1.24. The molecule has 1 aromatic rings. The molecule has 0 unspecified atom stereocenters. The molecule has 7 nitrogen and oxygen atoms in total. The van der Waals surface area contributed by atoms with Gasteiger partial charge in [-0.25, -0.2) is 14.6 Å². The van der Waals surface area contributed by atoms with Gasteiger partial charge in [-0.15, -0.1) is 0 Å². The molecule has 0 aliphatic heterocycles. The molecule has 0 spiro atoms. The maximum absolute atomic E-state index is 11.3. The molecule has 110 valence electrons. The first-order valence-corrected chi connectivity index (χ1v) is 6.08. The summed E-state index contributed by atoms with van der Waals surface area (Å²) in [6.45, 7) is 5.70. The van der Waals surface area contributed by atoms with Gasteiger partial charge in [0, 0.05) is 6.07 Å². The predicted molar refractivity (Wildman–Crippen MR) is 70.9 cm³/mol. The number of aromatic nitrogens is 1. The molecule has 0 saturated heterocycles. The van der Waals surface area contributed by atoms with Crippen LogP contribution in [0, 0.1) is 0 Å². The number of aromatic carboxylic acids is 1. The molecular formula is C13H18N2O5. The molecular weight excluding hydrogens is 264 g/mol. The molecule has 0 bridgehead atoms. The third-order valence-corrected chi connectivity index (χ3v) is 1.96. The van der Waals surface area contributed by atoms with Gasteiger partial charge in [0.25, 0.3) is 0 Å². The van der Waals surface area contributed by atoms with E-state index >= 15 is 0 Å². The number of carboxylic acids is 1. The lowest BCUT2D eigenvalue weighted by Gasteiger charge is -2.19. The van der Waals surface area contributed by atoms with Gasteiger partial charge in [-0.1, -0.05) is 6.07 Å². The number of hydrogen-bond donors (Lipinski definition) is 2. The lowest BCUT2D eigenvalue weighted by Crippen LogP contribution is -2.34. The van der Waals surface area contributed by atoms with Gasteiger partial charge in [0.1, 0.15) is 12.2 Å². The minimum absolute atomic E-state index is 0.0948. The molecule has 0 aliphatic rings. The Labute approximate surface area is 116 Å². The predicted octanol–water partition coefficient (Wildman–Crippen LogP) is 1.68. The largest absolute Gasteiger partial charge is 0.477 e. The van der Waals surface area contributed by atoms with E-state index in [0.717, 1.165) is 0 Å². The van der Waals surface area contributed by atoms with E-state index in [9.17, 15) is 9.59 Å². The molecule has 1 rings (SSSR count). The summed E-state index contributed by atoms with van der Waals surface area (Å²) < 4.78 is 10.3. The number of nitrogens with zero attached hydrogens (tertiary/aromatic N) is 1. The zero-order chi connectivity index (χ0) is 15.2. The van der Waals surface area contributed by atoms with Crippen LogP contribution in [-0.4, -0.2) is 40.9 Å². The van der Waals surface area contributed by atoms with E-state index in [-0.39, 0.29) is 24.7 Å². The molecule has 0 radical (unpaired) electrons. The standard InChI is InChI=1S/C13H18N2O5/c1-13(2,3)20-12(18)14-7-8-19-10-6-4-5-9(15-10)11(16)17/h4-6H,7-8H2,1-3H3,(H,14,18)(H,16,17). The number of amides is 1. The van der Waals surface area contributed by atoms with Crippen molar-refractivity contribution in [2.45, 2.75) is 26.4 Å². The Hall–Kier alpha value is -2.31. The molecule has 0 atom stereocenters.